The van der Waals surface area contributed by atoms with Gasteiger partial charge in [-0.25, -0.2) is 0 Å². The highest BCUT2D eigenvalue weighted by Crippen LogP contribution is 2.32. The van der Waals surface area contributed by atoms with Crippen LogP contribution in [-0.4, -0.2) is 29.8 Å². The lowest BCUT2D eigenvalue weighted by Crippen LogP contribution is -2.43. The van der Waals surface area contributed by atoms with Gasteiger partial charge in [-0.05, 0) is 37.5 Å². The Morgan fingerprint density at radius 2 is 1.62 bits per heavy atom. The molecule has 1 aliphatic heterocycles. The van der Waals surface area contributed by atoms with Crippen LogP contribution in [0, 0.1) is 11.8 Å². The van der Waals surface area contributed by atoms with Gasteiger partial charge in [0.15, 0.2) is 0 Å². The fourth-order valence-electron chi connectivity index (χ4n) is 3.27. The van der Waals surface area contributed by atoms with E-state index in [1.165, 1.54) is 25.7 Å². The molecule has 1 heterocycles. The molecule has 0 unspecified atom stereocenters. The summed E-state index contributed by atoms with van der Waals surface area (Å²) in [5.74, 6) is 2.26. The van der Waals surface area contributed by atoms with Gasteiger partial charge in [0.05, 0.1) is 0 Å². The summed E-state index contributed by atoms with van der Waals surface area (Å²) >= 11 is 0. The highest BCUT2D eigenvalue weighted by atomic mass is 16.1. The zero-order chi connectivity index (χ0) is 11.5. The lowest BCUT2D eigenvalue weighted by atomic mass is 9.79. The molecule has 0 aromatic carbocycles. The van der Waals surface area contributed by atoms with E-state index in [2.05, 4.69) is 18.7 Å². The van der Waals surface area contributed by atoms with E-state index in [9.17, 15) is 4.79 Å². The molecule has 16 heavy (non-hydrogen) atoms. The summed E-state index contributed by atoms with van der Waals surface area (Å²) in [5.41, 5.74) is 0. The number of carbonyl (C=O) groups is 1. The first-order valence-electron chi connectivity index (χ1n) is 6.92. The topological polar surface area (TPSA) is 20.3 Å². The van der Waals surface area contributed by atoms with Gasteiger partial charge in [0.2, 0.25) is 0 Å². The molecule has 0 amide bonds. The van der Waals surface area contributed by atoms with Crippen LogP contribution < -0.4 is 0 Å². The van der Waals surface area contributed by atoms with Gasteiger partial charge in [0.1, 0.15) is 5.78 Å². The molecule has 1 saturated carbocycles. The Labute approximate surface area is 99.4 Å². The van der Waals surface area contributed by atoms with Crippen molar-refractivity contribution in [2.45, 2.75) is 58.4 Å². The number of hydrogen-bond donors (Lipinski definition) is 0. The molecular formula is C14H25NO. The Morgan fingerprint density at radius 3 is 2.12 bits per heavy atom. The van der Waals surface area contributed by atoms with E-state index >= 15 is 0 Å². The maximum absolute atomic E-state index is 11.2. The summed E-state index contributed by atoms with van der Waals surface area (Å²) in [7, 11) is 0. The van der Waals surface area contributed by atoms with Gasteiger partial charge >= 0.3 is 0 Å². The zero-order valence-electron chi connectivity index (χ0n) is 10.7. The molecule has 0 N–H and O–H groups in total. The smallest absolute Gasteiger partial charge is 0.135 e. The Balaban J connectivity index is 1.78. The fourth-order valence-corrected chi connectivity index (χ4v) is 3.27. The van der Waals surface area contributed by atoms with E-state index in [1.807, 2.05) is 0 Å². The van der Waals surface area contributed by atoms with Gasteiger partial charge in [-0.1, -0.05) is 13.8 Å². The average Bonchev–Trinajstić information content (AvgIpc) is 2.30. The molecule has 92 valence electrons. The van der Waals surface area contributed by atoms with Crippen LogP contribution in [-0.2, 0) is 4.79 Å². The van der Waals surface area contributed by atoms with Gasteiger partial charge in [0.25, 0.3) is 0 Å². The van der Waals surface area contributed by atoms with Crippen LogP contribution in [0.15, 0.2) is 0 Å². The molecule has 0 aromatic heterocycles. The first-order valence-corrected chi connectivity index (χ1v) is 6.92. The minimum atomic E-state index is 0.465. The van der Waals surface area contributed by atoms with Crippen LogP contribution in [0.25, 0.3) is 0 Å². The largest absolute Gasteiger partial charge is 0.300 e. The molecular weight excluding hydrogens is 198 g/mol. The molecule has 0 radical (unpaired) electrons. The second-order valence-corrected chi connectivity index (χ2v) is 5.89. The summed E-state index contributed by atoms with van der Waals surface area (Å²) in [5, 5.41) is 0. The van der Waals surface area contributed by atoms with Crippen LogP contribution in [0.1, 0.15) is 52.4 Å². The highest BCUT2D eigenvalue weighted by molar-refractivity contribution is 5.79. The van der Waals surface area contributed by atoms with Crippen LogP contribution in [0.5, 0.6) is 0 Å². The summed E-state index contributed by atoms with van der Waals surface area (Å²) < 4.78 is 0. The molecule has 0 spiro atoms. The van der Waals surface area contributed by atoms with E-state index in [0.717, 1.165) is 43.8 Å². The summed E-state index contributed by atoms with van der Waals surface area (Å²) in [4.78, 5) is 13.8. The Bertz CT molecular complexity index is 231. The summed E-state index contributed by atoms with van der Waals surface area (Å²) in [6.07, 6.45) is 7.10. The average molecular weight is 223 g/mol. The quantitative estimate of drug-likeness (QED) is 0.717. The molecule has 2 heteroatoms. The number of likely N-dealkylation sites (tertiary alicyclic amines) is 1. The monoisotopic (exact) mass is 223 g/mol. The molecule has 2 rings (SSSR count). The molecule has 0 atom stereocenters. The molecule has 2 aliphatic rings. The maximum Gasteiger partial charge on any atom is 0.135 e. The van der Waals surface area contributed by atoms with E-state index < -0.39 is 0 Å². The van der Waals surface area contributed by atoms with Crippen LogP contribution in [0.4, 0.5) is 0 Å². The zero-order valence-corrected chi connectivity index (χ0v) is 10.7. The number of piperidine rings is 1. The minimum absolute atomic E-state index is 0.465. The Morgan fingerprint density at radius 1 is 1.06 bits per heavy atom. The lowest BCUT2D eigenvalue weighted by molar-refractivity contribution is -0.122. The number of Topliss-reactive ketones (excluding diaryl/α,β-unsaturated/α-hetero) is 1. The second-order valence-electron chi connectivity index (χ2n) is 5.89. The molecule has 2 fully saturated rings. The molecule has 0 aromatic rings. The van der Waals surface area contributed by atoms with E-state index in [-0.39, 0.29) is 0 Å². The van der Waals surface area contributed by atoms with Crippen molar-refractivity contribution >= 4 is 5.78 Å². The second kappa shape index (κ2) is 5.31. The van der Waals surface area contributed by atoms with Crippen molar-refractivity contribution < 1.29 is 4.79 Å². The first-order chi connectivity index (χ1) is 7.66. The van der Waals surface area contributed by atoms with Gasteiger partial charge in [-0.15, -0.1) is 0 Å². The standard InChI is InChI=1S/C14H25NO/c1-11(2)12-3-5-13(6-4-12)15-9-7-14(16)8-10-15/h11-13H,3-10H2,1-2H3. The van der Waals surface area contributed by atoms with Crippen LogP contribution in [0.3, 0.4) is 0 Å². The first kappa shape index (κ1) is 12.1. The third-order valence-corrected chi connectivity index (χ3v) is 4.56. The van der Waals surface area contributed by atoms with Crippen molar-refractivity contribution in [1.82, 2.24) is 4.90 Å². The Hall–Kier alpha value is -0.370. The number of ketones is 1. The SMILES string of the molecule is CC(C)C1CCC(N2CCC(=O)CC2)CC1. The summed E-state index contributed by atoms with van der Waals surface area (Å²) in [6.45, 7) is 6.75. The van der Waals surface area contributed by atoms with Crippen molar-refractivity contribution in [3.63, 3.8) is 0 Å². The van der Waals surface area contributed by atoms with Crippen molar-refractivity contribution in [2.24, 2.45) is 11.8 Å². The van der Waals surface area contributed by atoms with Gasteiger partial charge in [-0.3, -0.25) is 9.69 Å². The highest BCUT2D eigenvalue weighted by Gasteiger charge is 2.28. The van der Waals surface area contributed by atoms with Crippen molar-refractivity contribution in [3.8, 4) is 0 Å². The third kappa shape index (κ3) is 2.85. The van der Waals surface area contributed by atoms with Gasteiger partial charge < -0.3 is 0 Å². The third-order valence-electron chi connectivity index (χ3n) is 4.56. The van der Waals surface area contributed by atoms with Crippen LogP contribution in [0.2, 0.25) is 0 Å². The number of carbonyl (C=O) groups excluding carboxylic acids is 1. The lowest BCUT2D eigenvalue weighted by Gasteiger charge is -2.39. The van der Waals surface area contributed by atoms with Crippen molar-refractivity contribution in [3.05, 3.63) is 0 Å². The summed E-state index contributed by atoms with van der Waals surface area (Å²) in [6, 6.07) is 0.781. The van der Waals surface area contributed by atoms with Crippen molar-refractivity contribution in [1.29, 1.82) is 0 Å². The molecule has 2 nitrogen and oxygen atoms in total. The molecule has 0 bridgehead atoms. The Kier molecular flexibility index (Phi) is 4.01. The van der Waals surface area contributed by atoms with E-state index in [0.29, 0.717) is 5.78 Å². The molecule has 1 aliphatic carbocycles. The minimum Gasteiger partial charge on any atom is -0.300 e. The maximum atomic E-state index is 11.2. The number of nitrogens with zero attached hydrogens (tertiary/aromatic N) is 1. The molecule has 1 saturated heterocycles. The number of hydrogen-bond acceptors (Lipinski definition) is 2. The number of rotatable bonds is 2. The van der Waals surface area contributed by atoms with E-state index in [4.69, 9.17) is 0 Å². The van der Waals surface area contributed by atoms with Gasteiger partial charge in [-0.2, -0.15) is 0 Å². The predicted molar refractivity (Wildman–Crippen MR) is 66.4 cm³/mol. The van der Waals surface area contributed by atoms with E-state index in [1.54, 1.807) is 0 Å². The fraction of sp³-hybridized carbons (Fsp3) is 0.929. The van der Waals surface area contributed by atoms with Gasteiger partial charge in [0, 0.05) is 32.0 Å². The predicted octanol–water partition coefficient (Wildman–Crippen LogP) is 2.87. The van der Waals surface area contributed by atoms with Crippen LogP contribution >= 0.6 is 0 Å². The normalized spacial score (nSPS) is 33.3. The van der Waals surface area contributed by atoms with Crippen molar-refractivity contribution in [2.75, 3.05) is 13.1 Å².